The monoisotopic (exact) mass is 357 g/mol. The van der Waals surface area contributed by atoms with Crippen LogP contribution in [0, 0.1) is 5.92 Å². The van der Waals surface area contributed by atoms with Gasteiger partial charge in [0.05, 0.1) is 12.1 Å². The van der Waals surface area contributed by atoms with Crippen molar-refractivity contribution in [1.29, 1.82) is 0 Å². The number of hydrogen-bond acceptors (Lipinski definition) is 3. The first-order valence-corrected chi connectivity index (χ1v) is 8.60. The van der Waals surface area contributed by atoms with Crippen LogP contribution in [0.1, 0.15) is 26.3 Å². The lowest BCUT2D eigenvalue weighted by molar-refractivity contribution is -0.137. The second kappa shape index (κ2) is 8.08. The van der Waals surface area contributed by atoms with E-state index < -0.39 is 11.7 Å². The number of amides is 1. The van der Waals surface area contributed by atoms with E-state index in [-0.39, 0.29) is 11.9 Å². The van der Waals surface area contributed by atoms with Crippen LogP contribution in [0.5, 0.6) is 0 Å². The fourth-order valence-electron chi connectivity index (χ4n) is 2.71. The first kappa shape index (κ1) is 19.6. The van der Waals surface area contributed by atoms with Crippen LogP contribution in [0.25, 0.3) is 0 Å². The van der Waals surface area contributed by atoms with Gasteiger partial charge in [0.2, 0.25) is 5.91 Å². The molecule has 0 saturated carbocycles. The van der Waals surface area contributed by atoms with Crippen LogP contribution in [0.15, 0.2) is 24.3 Å². The van der Waals surface area contributed by atoms with E-state index in [9.17, 15) is 18.0 Å². The summed E-state index contributed by atoms with van der Waals surface area (Å²) in [6, 6.07) is 5.53. The average Bonchev–Trinajstić information content (AvgIpc) is 2.54. The van der Waals surface area contributed by atoms with E-state index in [2.05, 4.69) is 19.2 Å². The van der Waals surface area contributed by atoms with Crippen molar-refractivity contribution in [2.45, 2.75) is 33.0 Å². The first-order valence-electron chi connectivity index (χ1n) is 8.60. The molecule has 7 heteroatoms. The highest BCUT2D eigenvalue weighted by Crippen LogP contribution is 2.31. The van der Waals surface area contributed by atoms with Crippen molar-refractivity contribution < 1.29 is 18.0 Å². The van der Waals surface area contributed by atoms with E-state index in [1.807, 2.05) is 16.7 Å². The summed E-state index contributed by atoms with van der Waals surface area (Å²) in [6.45, 7) is 8.93. The number of piperazine rings is 1. The molecule has 1 saturated heterocycles. The standard InChI is InChI=1S/C18H26F3N3O/c1-13(2)14(3)22-17(25)12-23-7-9-24(10-8-23)16-6-4-5-15(11-16)18(19,20)21/h4-6,11,13-14H,7-10,12H2,1-3H3,(H,22,25). The molecular formula is C18H26F3N3O. The van der Waals surface area contributed by atoms with Gasteiger partial charge in [-0.25, -0.2) is 0 Å². The zero-order valence-corrected chi connectivity index (χ0v) is 14.9. The van der Waals surface area contributed by atoms with E-state index in [1.165, 1.54) is 12.1 Å². The third-order valence-corrected chi connectivity index (χ3v) is 4.67. The highest BCUT2D eigenvalue weighted by Gasteiger charge is 2.31. The molecule has 1 aromatic rings. The van der Waals surface area contributed by atoms with Gasteiger partial charge in [-0.05, 0) is 31.0 Å². The predicted molar refractivity (Wildman–Crippen MR) is 92.5 cm³/mol. The zero-order chi connectivity index (χ0) is 18.6. The van der Waals surface area contributed by atoms with Gasteiger partial charge in [0.1, 0.15) is 0 Å². The number of alkyl halides is 3. The lowest BCUT2D eigenvalue weighted by Gasteiger charge is -2.36. The zero-order valence-electron chi connectivity index (χ0n) is 14.9. The number of rotatable bonds is 5. The van der Waals surface area contributed by atoms with Crippen LogP contribution in [0.2, 0.25) is 0 Å². The number of nitrogens with one attached hydrogen (secondary N) is 1. The van der Waals surface area contributed by atoms with Gasteiger partial charge in [-0.1, -0.05) is 19.9 Å². The minimum absolute atomic E-state index is 0.00582. The maximum absolute atomic E-state index is 12.8. The van der Waals surface area contributed by atoms with Crippen molar-refractivity contribution in [2.75, 3.05) is 37.6 Å². The number of nitrogens with zero attached hydrogens (tertiary/aromatic N) is 2. The van der Waals surface area contributed by atoms with Crippen LogP contribution in [0.4, 0.5) is 18.9 Å². The quantitative estimate of drug-likeness (QED) is 0.880. The number of halogens is 3. The highest BCUT2D eigenvalue weighted by atomic mass is 19.4. The third-order valence-electron chi connectivity index (χ3n) is 4.67. The summed E-state index contributed by atoms with van der Waals surface area (Å²) < 4.78 is 38.5. The normalized spacial score (nSPS) is 17.6. The Kier molecular flexibility index (Phi) is 6.32. The molecule has 0 radical (unpaired) electrons. The number of carbonyl (C=O) groups is 1. The molecule has 1 aromatic carbocycles. The van der Waals surface area contributed by atoms with Gasteiger partial charge in [0, 0.05) is 37.9 Å². The maximum atomic E-state index is 12.8. The van der Waals surface area contributed by atoms with Crippen LogP contribution in [-0.2, 0) is 11.0 Å². The largest absolute Gasteiger partial charge is 0.416 e. The van der Waals surface area contributed by atoms with E-state index in [0.29, 0.717) is 44.3 Å². The summed E-state index contributed by atoms with van der Waals surface area (Å²) in [5.74, 6) is 0.371. The van der Waals surface area contributed by atoms with Gasteiger partial charge in [-0.3, -0.25) is 9.69 Å². The maximum Gasteiger partial charge on any atom is 0.416 e. The van der Waals surface area contributed by atoms with Crippen LogP contribution < -0.4 is 10.2 Å². The van der Waals surface area contributed by atoms with Crippen molar-refractivity contribution in [2.24, 2.45) is 5.92 Å². The molecule has 0 aromatic heterocycles. The van der Waals surface area contributed by atoms with Crippen molar-refractivity contribution in [3.8, 4) is 0 Å². The summed E-state index contributed by atoms with van der Waals surface area (Å²) in [5.41, 5.74) is -0.0539. The fraction of sp³-hybridized carbons (Fsp3) is 0.611. The molecule has 2 rings (SSSR count). The summed E-state index contributed by atoms with van der Waals surface area (Å²) in [6.07, 6.45) is -4.33. The Morgan fingerprint density at radius 2 is 1.80 bits per heavy atom. The minimum atomic E-state index is -4.33. The molecule has 1 fully saturated rings. The number of benzene rings is 1. The average molecular weight is 357 g/mol. The van der Waals surface area contributed by atoms with Crippen LogP contribution >= 0.6 is 0 Å². The molecule has 0 bridgehead atoms. The molecule has 1 heterocycles. The third kappa shape index (κ3) is 5.63. The van der Waals surface area contributed by atoms with Gasteiger partial charge >= 0.3 is 6.18 Å². The summed E-state index contributed by atoms with van der Waals surface area (Å²) in [7, 11) is 0. The minimum Gasteiger partial charge on any atom is -0.369 e. The molecule has 1 N–H and O–H groups in total. The van der Waals surface area contributed by atoms with Gasteiger partial charge in [0.15, 0.2) is 0 Å². The van der Waals surface area contributed by atoms with Crippen molar-refractivity contribution in [1.82, 2.24) is 10.2 Å². The van der Waals surface area contributed by atoms with Crippen LogP contribution in [0.3, 0.4) is 0 Å². The van der Waals surface area contributed by atoms with E-state index >= 15 is 0 Å². The Labute approximate surface area is 147 Å². The summed E-state index contributed by atoms with van der Waals surface area (Å²) in [4.78, 5) is 16.0. The lowest BCUT2D eigenvalue weighted by atomic mass is 10.1. The molecule has 1 aliphatic rings. The molecule has 1 amide bonds. The van der Waals surface area contributed by atoms with Crippen molar-refractivity contribution >= 4 is 11.6 Å². The Bertz CT molecular complexity index is 581. The second-order valence-corrected chi connectivity index (χ2v) is 6.91. The van der Waals surface area contributed by atoms with E-state index in [1.54, 1.807) is 6.07 Å². The van der Waals surface area contributed by atoms with Crippen LogP contribution in [-0.4, -0.2) is 49.6 Å². The molecule has 1 atom stereocenters. The molecule has 1 aliphatic heterocycles. The Morgan fingerprint density at radius 3 is 2.36 bits per heavy atom. The number of carbonyl (C=O) groups excluding carboxylic acids is 1. The Hall–Kier alpha value is -1.76. The van der Waals surface area contributed by atoms with Crippen molar-refractivity contribution in [3.05, 3.63) is 29.8 Å². The second-order valence-electron chi connectivity index (χ2n) is 6.91. The Balaban J connectivity index is 1.87. The summed E-state index contributed by atoms with van der Waals surface area (Å²) in [5, 5.41) is 2.97. The van der Waals surface area contributed by atoms with Gasteiger partial charge in [-0.15, -0.1) is 0 Å². The molecule has 0 spiro atoms. The van der Waals surface area contributed by atoms with Gasteiger partial charge in [-0.2, -0.15) is 13.2 Å². The number of anilines is 1. The molecule has 140 valence electrons. The smallest absolute Gasteiger partial charge is 0.369 e. The lowest BCUT2D eigenvalue weighted by Crippen LogP contribution is -2.50. The SMILES string of the molecule is CC(C)C(C)NC(=O)CN1CCN(c2cccc(C(F)(F)F)c2)CC1. The summed E-state index contributed by atoms with van der Waals surface area (Å²) >= 11 is 0. The van der Waals surface area contributed by atoms with Gasteiger partial charge in [0.25, 0.3) is 0 Å². The number of hydrogen-bond donors (Lipinski definition) is 1. The van der Waals surface area contributed by atoms with E-state index in [4.69, 9.17) is 0 Å². The Morgan fingerprint density at radius 1 is 1.16 bits per heavy atom. The predicted octanol–water partition coefficient (Wildman–Crippen LogP) is 2.99. The van der Waals surface area contributed by atoms with E-state index in [0.717, 1.165) is 6.07 Å². The molecular weight excluding hydrogens is 331 g/mol. The molecule has 0 aliphatic carbocycles. The van der Waals surface area contributed by atoms with Gasteiger partial charge < -0.3 is 10.2 Å². The fourth-order valence-corrected chi connectivity index (χ4v) is 2.71. The molecule has 25 heavy (non-hydrogen) atoms. The molecule has 4 nitrogen and oxygen atoms in total. The first-order chi connectivity index (χ1) is 11.7. The molecule has 1 unspecified atom stereocenters. The van der Waals surface area contributed by atoms with Crippen molar-refractivity contribution in [3.63, 3.8) is 0 Å². The highest BCUT2D eigenvalue weighted by molar-refractivity contribution is 5.78. The topological polar surface area (TPSA) is 35.6 Å².